The van der Waals surface area contributed by atoms with Crippen LogP contribution < -0.4 is 11.5 Å². The van der Waals surface area contributed by atoms with Crippen molar-refractivity contribution in [2.75, 3.05) is 37.0 Å². The van der Waals surface area contributed by atoms with Crippen LogP contribution in [0.25, 0.3) is 11.2 Å². The number of imidazole rings is 1. The molecule has 0 amide bonds. The Bertz CT molecular complexity index is 1070. The van der Waals surface area contributed by atoms with Gasteiger partial charge in [0, 0.05) is 10.3 Å². The molecule has 1 aliphatic rings. The highest BCUT2D eigenvalue weighted by molar-refractivity contribution is 8.13. The van der Waals surface area contributed by atoms with Crippen molar-refractivity contribution in [1.29, 1.82) is 0 Å². The van der Waals surface area contributed by atoms with Crippen LogP contribution in [0.4, 0.5) is 11.8 Å². The van der Waals surface area contributed by atoms with E-state index in [1.165, 1.54) is 10.9 Å². The number of aliphatic hydroxyl groups excluding tert-OH is 2. The van der Waals surface area contributed by atoms with E-state index in [1.54, 1.807) is 20.8 Å². The zero-order chi connectivity index (χ0) is 25.3. The van der Waals surface area contributed by atoms with Gasteiger partial charge in [-0.05, 0) is 20.8 Å². The van der Waals surface area contributed by atoms with Crippen molar-refractivity contribution in [3.05, 3.63) is 6.33 Å². The van der Waals surface area contributed by atoms with Gasteiger partial charge in [-0.25, -0.2) is 4.98 Å². The maximum Gasteiger partial charge on any atom is 0.697 e. The van der Waals surface area contributed by atoms with Crippen LogP contribution in [0.2, 0.25) is 0 Å². The topological polar surface area (TPSA) is 198 Å². The normalized spacial score (nSPS) is 25.7. The third-order valence-corrected chi connectivity index (χ3v) is 7.59. The summed E-state index contributed by atoms with van der Waals surface area (Å²) in [5.41, 5.74) is 11.2. The van der Waals surface area contributed by atoms with Crippen molar-refractivity contribution in [2.24, 2.45) is 5.41 Å². The predicted octanol–water partition coefficient (Wildman–Crippen LogP) is 1.22. The maximum absolute atomic E-state index is 12.1. The van der Waals surface area contributed by atoms with Gasteiger partial charge in [-0.3, -0.25) is 9.36 Å². The van der Waals surface area contributed by atoms with Crippen molar-refractivity contribution < 1.29 is 33.4 Å². The minimum atomic E-state index is -2.54. The third kappa shape index (κ3) is 5.60. The number of hydrogen-bond donors (Lipinski definition) is 4. The summed E-state index contributed by atoms with van der Waals surface area (Å²) in [5.74, 6) is 0.263. The van der Waals surface area contributed by atoms with Gasteiger partial charge in [-0.1, -0.05) is 11.8 Å². The smallest absolute Gasteiger partial charge is 0.395 e. The zero-order valence-corrected chi connectivity index (χ0v) is 21.2. The van der Waals surface area contributed by atoms with Gasteiger partial charge in [0.25, 0.3) is 0 Å². The van der Waals surface area contributed by atoms with Crippen molar-refractivity contribution >= 4 is 59.7 Å². The largest absolute Gasteiger partial charge is 0.697 e. The number of nitrogens with zero attached hydrogens (tertiary/aromatic N) is 4. The summed E-state index contributed by atoms with van der Waals surface area (Å²) in [5, 5.41) is 19.7. The van der Waals surface area contributed by atoms with Gasteiger partial charge < -0.3 is 26.4 Å². The first-order valence-electron chi connectivity index (χ1n) is 10.2. The minimum Gasteiger partial charge on any atom is -0.395 e. The van der Waals surface area contributed by atoms with E-state index < -0.39 is 37.0 Å². The number of halogens is 1. The second kappa shape index (κ2) is 10.5. The Morgan fingerprint density at radius 2 is 2.12 bits per heavy atom. The molecule has 13 nitrogen and oxygen atoms in total. The molecule has 5 atom stereocenters. The summed E-state index contributed by atoms with van der Waals surface area (Å²) in [6.07, 6.45) is -1.67. The Morgan fingerprint density at radius 1 is 1.41 bits per heavy atom. The fourth-order valence-corrected chi connectivity index (χ4v) is 4.97. The molecule has 0 bridgehead atoms. The number of ether oxygens (including phenoxy) is 1. The quantitative estimate of drug-likeness (QED) is 0.192. The Balaban J connectivity index is 1.56. The van der Waals surface area contributed by atoms with Crippen LogP contribution in [-0.4, -0.2) is 77.5 Å². The number of anilines is 2. The second-order valence-electron chi connectivity index (χ2n) is 8.44. The number of alkyl halides is 1. The highest BCUT2D eigenvalue weighted by atomic mass is 35.5. The number of fused-ring (bicyclic) bond motifs is 1. The molecule has 0 saturated carbocycles. The van der Waals surface area contributed by atoms with Crippen molar-refractivity contribution in [2.45, 2.75) is 44.1 Å². The van der Waals surface area contributed by atoms with Gasteiger partial charge in [-0.2, -0.15) is 9.97 Å². The van der Waals surface area contributed by atoms with E-state index in [0.29, 0.717) is 5.52 Å². The van der Waals surface area contributed by atoms with Gasteiger partial charge in [0.2, 0.25) is 5.95 Å². The van der Waals surface area contributed by atoms with E-state index in [-0.39, 0.29) is 48.1 Å². The molecule has 0 aliphatic carbocycles. The summed E-state index contributed by atoms with van der Waals surface area (Å²) in [7, 11) is -2.54. The van der Waals surface area contributed by atoms with Crippen molar-refractivity contribution in [3.8, 4) is 0 Å². The molecule has 2 aromatic heterocycles. The number of hydrogen-bond acceptors (Lipinski definition) is 13. The number of carbonyl (C=O) groups is 1. The molecule has 34 heavy (non-hydrogen) atoms. The highest BCUT2D eigenvalue weighted by Crippen LogP contribution is 2.45. The number of aromatic nitrogens is 4. The van der Waals surface area contributed by atoms with Crippen molar-refractivity contribution in [3.63, 3.8) is 0 Å². The standard InChI is InChI=1S/C18H27ClN6O7PS/c1-17(2,7-26)15(28)34-5-4-30-33(29)31-6-9-11(27)18(3,19)14(32-9)25-8-22-10-12(20)23-16(21)24-13(10)25/h8-9,11,14,26-27H,4-7H2,1-3H3,(H4,20,21,23,24)/q+1. The van der Waals surface area contributed by atoms with Crippen LogP contribution in [0.15, 0.2) is 6.33 Å². The van der Waals surface area contributed by atoms with Gasteiger partial charge in [0.05, 0.1) is 18.3 Å². The van der Waals surface area contributed by atoms with Crippen molar-refractivity contribution in [1.82, 2.24) is 19.5 Å². The maximum atomic E-state index is 12.1. The average molecular weight is 538 g/mol. The second-order valence-corrected chi connectivity index (χ2v) is 11.3. The SMILES string of the molecule is CC(C)(CO)C(=O)SCCO[P+](=O)OCC1OC(n2cnc3c(N)nc(N)nc32)C(C)(Cl)C1O. The van der Waals surface area contributed by atoms with E-state index in [4.69, 9.17) is 36.9 Å². The number of nitrogen functional groups attached to an aromatic ring is 2. The Kier molecular flexibility index (Phi) is 8.36. The fraction of sp³-hybridized carbons (Fsp3) is 0.667. The summed E-state index contributed by atoms with van der Waals surface area (Å²) in [4.78, 5) is 22.8. The Morgan fingerprint density at radius 3 is 2.79 bits per heavy atom. The van der Waals surface area contributed by atoms with E-state index in [0.717, 1.165) is 11.8 Å². The van der Waals surface area contributed by atoms with Gasteiger partial charge in [-0.15, -0.1) is 20.6 Å². The van der Waals surface area contributed by atoms with E-state index in [9.17, 15) is 19.6 Å². The first-order chi connectivity index (χ1) is 15.9. The minimum absolute atomic E-state index is 0.0133. The van der Waals surface area contributed by atoms with Gasteiger partial charge in [0.15, 0.2) is 22.8 Å². The lowest BCUT2D eigenvalue weighted by atomic mass is 9.97. The first-order valence-corrected chi connectivity index (χ1v) is 12.6. The molecular formula is C18H27ClN6O7PS+. The van der Waals surface area contributed by atoms with Gasteiger partial charge in [0.1, 0.15) is 35.8 Å². The van der Waals surface area contributed by atoms with Crippen LogP contribution in [0.5, 0.6) is 0 Å². The molecule has 0 spiro atoms. The molecule has 1 saturated heterocycles. The number of nitrogens with two attached hydrogens (primary N) is 2. The van der Waals surface area contributed by atoms with E-state index in [2.05, 4.69) is 15.0 Å². The van der Waals surface area contributed by atoms with E-state index in [1.807, 2.05) is 0 Å². The molecule has 5 unspecified atom stereocenters. The average Bonchev–Trinajstić information content (AvgIpc) is 3.28. The summed E-state index contributed by atoms with van der Waals surface area (Å²) < 4.78 is 29.7. The molecular weight excluding hydrogens is 511 g/mol. The number of thioether (sulfide) groups is 1. The molecule has 0 aromatic carbocycles. The number of carbonyl (C=O) groups excluding carboxylic acids is 1. The lowest BCUT2D eigenvalue weighted by Gasteiger charge is -2.26. The first kappa shape index (κ1) is 27.0. The summed E-state index contributed by atoms with van der Waals surface area (Å²) in [6, 6.07) is 0. The lowest BCUT2D eigenvalue weighted by Crippen LogP contribution is -2.39. The third-order valence-electron chi connectivity index (χ3n) is 5.24. The molecule has 3 heterocycles. The van der Waals surface area contributed by atoms with Crippen LogP contribution >= 0.6 is 31.6 Å². The summed E-state index contributed by atoms with van der Waals surface area (Å²) >= 11 is 7.57. The van der Waals surface area contributed by atoms with Crippen LogP contribution in [0.3, 0.4) is 0 Å². The molecule has 16 heteroatoms. The molecule has 1 aliphatic heterocycles. The predicted molar refractivity (Wildman–Crippen MR) is 126 cm³/mol. The van der Waals surface area contributed by atoms with E-state index >= 15 is 0 Å². The molecule has 2 aromatic rings. The summed E-state index contributed by atoms with van der Waals surface area (Å²) in [6.45, 7) is 4.26. The van der Waals surface area contributed by atoms with Crippen LogP contribution in [-0.2, 0) is 23.1 Å². The molecule has 6 N–H and O–H groups in total. The number of aliphatic hydroxyl groups is 2. The van der Waals surface area contributed by atoms with Gasteiger partial charge >= 0.3 is 8.25 Å². The Hall–Kier alpha value is -1.64. The molecule has 3 rings (SSSR count). The zero-order valence-electron chi connectivity index (χ0n) is 18.8. The fourth-order valence-electron chi connectivity index (χ4n) is 3.16. The van der Waals surface area contributed by atoms with Crippen LogP contribution in [0, 0.1) is 5.41 Å². The molecule has 188 valence electrons. The molecule has 1 fully saturated rings. The highest BCUT2D eigenvalue weighted by Gasteiger charge is 2.54. The van der Waals surface area contributed by atoms with Crippen LogP contribution in [0.1, 0.15) is 27.0 Å². The number of rotatable bonds is 10. The molecule has 0 radical (unpaired) electrons. The Labute approximate surface area is 205 Å². The monoisotopic (exact) mass is 537 g/mol. The lowest BCUT2D eigenvalue weighted by molar-refractivity contribution is -0.119.